The van der Waals surface area contributed by atoms with Gasteiger partial charge < -0.3 is 19.5 Å². The van der Waals surface area contributed by atoms with E-state index in [1.807, 2.05) is 26.0 Å². The van der Waals surface area contributed by atoms with Gasteiger partial charge >= 0.3 is 5.97 Å². The summed E-state index contributed by atoms with van der Waals surface area (Å²) in [6.07, 6.45) is 2.26. The van der Waals surface area contributed by atoms with Crippen molar-refractivity contribution in [1.29, 1.82) is 0 Å². The van der Waals surface area contributed by atoms with Gasteiger partial charge in [0.15, 0.2) is 0 Å². The smallest absolute Gasteiger partial charge is 0.310 e. The molecule has 1 aromatic carbocycles. The van der Waals surface area contributed by atoms with E-state index in [9.17, 15) is 4.79 Å². The number of hydrogen-bond acceptors (Lipinski definition) is 5. The van der Waals surface area contributed by atoms with Crippen molar-refractivity contribution in [1.82, 2.24) is 5.32 Å². The highest BCUT2D eigenvalue weighted by molar-refractivity contribution is 5.74. The van der Waals surface area contributed by atoms with Crippen LogP contribution in [0.1, 0.15) is 32.3 Å². The topological polar surface area (TPSA) is 56.8 Å². The summed E-state index contributed by atoms with van der Waals surface area (Å²) in [6, 6.07) is 5.44. The van der Waals surface area contributed by atoms with Gasteiger partial charge in [-0.25, -0.2) is 0 Å². The van der Waals surface area contributed by atoms with E-state index >= 15 is 0 Å². The van der Waals surface area contributed by atoms with Crippen molar-refractivity contribution in [3.63, 3.8) is 0 Å². The monoisotopic (exact) mass is 321 g/mol. The maximum Gasteiger partial charge on any atom is 0.310 e. The van der Waals surface area contributed by atoms with Crippen molar-refractivity contribution < 1.29 is 19.0 Å². The van der Waals surface area contributed by atoms with Crippen molar-refractivity contribution in [2.45, 2.75) is 38.7 Å². The maximum absolute atomic E-state index is 12.4. The Labute approximate surface area is 138 Å². The molecule has 0 aromatic heterocycles. The predicted octanol–water partition coefficient (Wildman–Crippen LogP) is 2.57. The minimum Gasteiger partial charge on any atom is -0.497 e. The van der Waals surface area contributed by atoms with Crippen LogP contribution in [0, 0.1) is 5.92 Å². The number of hydrogen-bond donors (Lipinski definition) is 1. The fourth-order valence-corrected chi connectivity index (χ4v) is 3.08. The average molecular weight is 321 g/mol. The fourth-order valence-electron chi connectivity index (χ4n) is 3.08. The molecule has 0 amide bonds. The SMILES string of the molecule is COc1ccc(CC(=O)OC(C)(C)C2CCNCC2)c(OC)c1. The number of benzene rings is 1. The number of ether oxygens (including phenoxy) is 3. The molecule has 1 fully saturated rings. The molecule has 0 radical (unpaired) electrons. The fraction of sp³-hybridized carbons (Fsp3) is 0.611. The first-order valence-corrected chi connectivity index (χ1v) is 8.09. The molecular formula is C18H27NO4. The number of carbonyl (C=O) groups is 1. The molecule has 1 N–H and O–H groups in total. The molecule has 1 heterocycles. The first kappa shape index (κ1) is 17.6. The van der Waals surface area contributed by atoms with Crippen LogP contribution in [0.2, 0.25) is 0 Å². The van der Waals surface area contributed by atoms with E-state index in [-0.39, 0.29) is 12.4 Å². The quantitative estimate of drug-likeness (QED) is 0.816. The van der Waals surface area contributed by atoms with E-state index in [1.54, 1.807) is 20.3 Å². The van der Waals surface area contributed by atoms with Crippen molar-refractivity contribution in [2.75, 3.05) is 27.3 Å². The zero-order chi connectivity index (χ0) is 16.9. The normalized spacial score (nSPS) is 16.0. The number of piperidine rings is 1. The van der Waals surface area contributed by atoms with E-state index in [2.05, 4.69) is 5.32 Å². The molecule has 1 aromatic rings. The maximum atomic E-state index is 12.4. The van der Waals surface area contributed by atoms with Crippen LogP contribution < -0.4 is 14.8 Å². The molecule has 1 aliphatic heterocycles. The summed E-state index contributed by atoms with van der Waals surface area (Å²) >= 11 is 0. The molecule has 5 heteroatoms. The van der Waals surface area contributed by atoms with E-state index < -0.39 is 5.60 Å². The number of rotatable bonds is 6. The molecule has 0 spiro atoms. The molecule has 0 saturated carbocycles. The van der Waals surface area contributed by atoms with Gasteiger partial charge in [0.1, 0.15) is 17.1 Å². The van der Waals surface area contributed by atoms with Gasteiger partial charge in [0, 0.05) is 17.5 Å². The van der Waals surface area contributed by atoms with Gasteiger partial charge in [0.05, 0.1) is 20.6 Å². The summed E-state index contributed by atoms with van der Waals surface area (Å²) in [5.74, 6) is 1.51. The standard InChI is InChI=1S/C18H27NO4/c1-18(2,14-7-9-19-10-8-14)23-17(20)11-13-5-6-15(21-3)12-16(13)22-4/h5-6,12,14,19H,7-11H2,1-4H3. The molecule has 128 valence electrons. The van der Waals surface area contributed by atoms with E-state index in [0.717, 1.165) is 31.5 Å². The van der Waals surface area contributed by atoms with E-state index in [0.29, 0.717) is 17.4 Å². The third kappa shape index (κ3) is 4.61. The Hall–Kier alpha value is -1.75. The van der Waals surface area contributed by atoms with Gasteiger partial charge in [-0.05, 0) is 45.8 Å². The molecule has 0 aliphatic carbocycles. The summed E-state index contributed by atoms with van der Waals surface area (Å²) in [4.78, 5) is 12.4. The van der Waals surface area contributed by atoms with Gasteiger partial charge in [-0.15, -0.1) is 0 Å². The Balaban J connectivity index is 2.01. The lowest BCUT2D eigenvalue weighted by molar-refractivity contribution is -0.161. The second-order valence-corrected chi connectivity index (χ2v) is 6.46. The van der Waals surface area contributed by atoms with Crippen LogP contribution in [0.4, 0.5) is 0 Å². The minimum atomic E-state index is -0.446. The largest absolute Gasteiger partial charge is 0.497 e. The number of methoxy groups -OCH3 is 2. The van der Waals surface area contributed by atoms with Gasteiger partial charge in [-0.2, -0.15) is 0 Å². The molecule has 0 unspecified atom stereocenters. The van der Waals surface area contributed by atoms with Crippen molar-refractivity contribution in [3.05, 3.63) is 23.8 Å². The van der Waals surface area contributed by atoms with Crippen LogP contribution >= 0.6 is 0 Å². The van der Waals surface area contributed by atoms with Gasteiger partial charge in [0.25, 0.3) is 0 Å². The molecule has 0 bridgehead atoms. The average Bonchev–Trinajstić information content (AvgIpc) is 2.55. The third-order valence-electron chi connectivity index (χ3n) is 4.53. The zero-order valence-electron chi connectivity index (χ0n) is 14.5. The highest BCUT2D eigenvalue weighted by atomic mass is 16.6. The lowest BCUT2D eigenvalue weighted by Gasteiger charge is -2.36. The summed E-state index contributed by atoms with van der Waals surface area (Å²) < 4.78 is 16.3. The third-order valence-corrected chi connectivity index (χ3v) is 4.53. The molecule has 5 nitrogen and oxygen atoms in total. The summed E-state index contributed by atoms with van der Waals surface area (Å²) in [5, 5.41) is 3.34. The van der Waals surface area contributed by atoms with Crippen molar-refractivity contribution >= 4 is 5.97 Å². The van der Waals surface area contributed by atoms with Crippen LogP contribution in [0.3, 0.4) is 0 Å². The molecule has 0 atom stereocenters. The molecular weight excluding hydrogens is 294 g/mol. The van der Waals surface area contributed by atoms with Gasteiger partial charge in [-0.3, -0.25) is 4.79 Å². The molecule has 1 saturated heterocycles. The van der Waals surface area contributed by atoms with Crippen molar-refractivity contribution in [2.24, 2.45) is 5.92 Å². The van der Waals surface area contributed by atoms with Crippen LogP contribution in [0.15, 0.2) is 18.2 Å². The van der Waals surface area contributed by atoms with Crippen LogP contribution in [0.5, 0.6) is 11.5 Å². The van der Waals surface area contributed by atoms with Crippen LogP contribution in [-0.4, -0.2) is 38.9 Å². The molecule has 23 heavy (non-hydrogen) atoms. The zero-order valence-corrected chi connectivity index (χ0v) is 14.5. The Morgan fingerprint density at radius 3 is 2.52 bits per heavy atom. The molecule has 2 rings (SSSR count). The van der Waals surface area contributed by atoms with Crippen LogP contribution in [-0.2, 0) is 16.0 Å². The van der Waals surface area contributed by atoms with Crippen LogP contribution in [0.25, 0.3) is 0 Å². The first-order valence-electron chi connectivity index (χ1n) is 8.09. The first-order chi connectivity index (χ1) is 11.0. The summed E-state index contributed by atoms with van der Waals surface area (Å²) in [7, 11) is 3.19. The highest BCUT2D eigenvalue weighted by Gasteiger charge is 2.34. The highest BCUT2D eigenvalue weighted by Crippen LogP contribution is 2.30. The number of nitrogens with one attached hydrogen (secondary N) is 1. The van der Waals surface area contributed by atoms with Gasteiger partial charge in [0.2, 0.25) is 0 Å². The lowest BCUT2D eigenvalue weighted by atomic mass is 9.83. The number of esters is 1. The Morgan fingerprint density at radius 2 is 1.91 bits per heavy atom. The second-order valence-electron chi connectivity index (χ2n) is 6.46. The second kappa shape index (κ2) is 7.68. The number of carbonyl (C=O) groups excluding carboxylic acids is 1. The van der Waals surface area contributed by atoms with Crippen molar-refractivity contribution in [3.8, 4) is 11.5 Å². The Kier molecular flexibility index (Phi) is 5.88. The van der Waals surface area contributed by atoms with E-state index in [4.69, 9.17) is 14.2 Å². The molecule has 1 aliphatic rings. The van der Waals surface area contributed by atoms with E-state index in [1.165, 1.54) is 0 Å². The summed E-state index contributed by atoms with van der Waals surface area (Å²) in [5.41, 5.74) is 0.359. The minimum absolute atomic E-state index is 0.196. The lowest BCUT2D eigenvalue weighted by Crippen LogP contribution is -2.43. The predicted molar refractivity (Wildman–Crippen MR) is 89.0 cm³/mol. The summed E-state index contributed by atoms with van der Waals surface area (Å²) in [6.45, 7) is 5.98. The van der Waals surface area contributed by atoms with Gasteiger partial charge in [-0.1, -0.05) is 6.07 Å². The Bertz CT molecular complexity index is 536. The Morgan fingerprint density at radius 1 is 1.22 bits per heavy atom.